The Kier molecular flexibility index (Phi) is 5.75. The van der Waals surface area contributed by atoms with Crippen LogP contribution in [-0.4, -0.2) is 46.0 Å². The van der Waals surface area contributed by atoms with E-state index < -0.39 is 10.0 Å². The Hall–Kier alpha value is -0.950. The van der Waals surface area contributed by atoms with Crippen LogP contribution < -0.4 is 10.0 Å². The van der Waals surface area contributed by atoms with Crippen molar-refractivity contribution in [2.45, 2.75) is 31.7 Å². The zero-order valence-electron chi connectivity index (χ0n) is 12.8. The molecule has 21 heavy (non-hydrogen) atoms. The summed E-state index contributed by atoms with van der Waals surface area (Å²) in [7, 11) is -1.26. The predicted octanol–water partition coefficient (Wildman–Crippen LogP) is 0.920. The van der Waals surface area contributed by atoms with Gasteiger partial charge in [0.15, 0.2) is 0 Å². The number of nitrogens with one attached hydrogen (secondary N) is 2. The summed E-state index contributed by atoms with van der Waals surface area (Å²) in [6.45, 7) is 5.46. The molecule has 1 aromatic carbocycles. The highest BCUT2D eigenvalue weighted by Gasteiger charge is 2.24. The molecule has 1 aliphatic heterocycles. The van der Waals surface area contributed by atoms with Gasteiger partial charge in [-0.15, -0.1) is 0 Å². The van der Waals surface area contributed by atoms with Gasteiger partial charge in [-0.2, -0.15) is 0 Å². The lowest BCUT2D eigenvalue weighted by Crippen LogP contribution is -2.37. The molecule has 1 fully saturated rings. The summed E-state index contributed by atoms with van der Waals surface area (Å²) >= 11 is 0. The van der Waals surface area contributed by atoms with E-state index in [9.17, 15) is 8.42 Å². The fourth-order valence-electron chi connectivity index (χ4n) is 2.64. The Bertz CT molecular complexity index is 560. The van der Waals surface area contributed by atoms with Crippen molar-refractivity contribution in [3.05, 3.63) is 35.4 Å². The summed E-state index contributed by atoms with van der Waals surface area (Å²) in [5.74, 6) is 0.0488. The first-order valence-corrected chi connectivity index (χ1v) is 9.11. The maximum absolute atomic E-state index is 12.2. The standard InChI is InChI=1S/C15H25N3O2S/c1-3-16-10-13-5-4-6-14(9-13)12-21(19,20)17-15-7-8-18(2)11-15/h4-6,9,15-17H,3,7-8,10-12H2,1-2H3. The van der Waals surface area contributed by atoms with Crippen LogP contribution in [0, 0.1) is 0 Å². The van der Waals surface area contributed by atoms with Gasteiger partial charge in [0.2, 0.25) is 10.0 Å². The Morgan fingerprint density at radius 1 is 1.33 bits per heavy atom. The minimum absolute atomic E-state index is 0.0462. The quantitative estimate of drug-likeness (QED) is 0.786. The van der Waals surface area contributed by atoms with Gasteiger partial charge >= 0.3 is 0 Å². The molecule has 1 atom stereocenters. The average molecular weight is 311 g/mol. The van der Waals surface area contributed by atoms with Crippen molar-refractivity contribution in [1.29, 1.82) is 0 Å². The summed E-state index contributed by atoms with van der Waals surface area (Å²) in [6, 6.07) is 7.81. The summed E-state index contributed by atoms with van der Waals surface area (Å²) < 4.78 is 27.3. The Morgan fingerprint density at radius 2 is 2.10 bits per heavy atom. The number of rotatable bonds is 7. The normalized spacial score (nSPS) is 20.0. The molecule has 0 spiro atoms. The molecule has 2 N–H and O–H groups in total. The smallest absolute Gasteiger partial charge is 0.216 e. The molecular weight excluding hydrogens is 286 g/mol. The molecule has 0 bridgehead atoms. The van der Waals surface area contributed by atoms with E-state index in [0.717, 1.165) is 43.7 Å². The van der Waals surface area contributed by atoms with Gasteiger partial charge in [-0.05, 0) is 37.7 Å². The number of nitrogens with zero attached hydrogens (tertiary/aromatic N) is 1. The monoisotopic (exact) mass is 311 g/mol. The van der Waals surface area contributed by atoms with Crippen LogP contribution in [0.25, 0.3) is 0 Å². The summed E-state index contributed by atoms with van der Waals surface area (Å²) in [4.78, 5) is 2.14. The zero-order chi connectivity index (χ0) is 15.3. The van der Waals surface area contributed by atoms with E-state index in [2.05, 4.69) is 21.9 Å². The molecule has 5 nitrogen and oxygen atoms in total. The van der Waals surface area contributed by atoms with Gasteiger partial charge in [-0.3, -0.25) is 0 Å². The number of benzene rings is 1. The van der Waals surface area contributed by atoms with Crippen molar-refractivity contribution in [3.63, 3.8) is 0 Å². The fraction of sp³-hybridized carbons (Fsp3) is 0.600. The molecule has 0 saturated carbocycles. The molecule has 0 radical (unpaired) electrons. The first kappa shape index (κ1) is 16.4. The van der Waals surface area contributed by atoms with E-state index in [-0.39, 0.29) is 11.8 Å². The van der Waals surface area contributed by atoms with Crippen LogP contribution in [0.15, 0.2) is 24.3 Å². The van der Waals surface area contributed by atoms with E-state index in [4.69, 9.17) is 0 Å². The highest BCUT2D eigenvalue weighted by atomic mass is 32.2. The van der Waals surface area contributed by atoms with Crippen molar-refractivity contribution in [2.75, 3.05) is 26.7 Å². The van der Waals surface area contributed by atoms with E-state index in [1.807, 2.05) is 31.3 Å². The third-order valence-electron chi connectivity index (χ3n) is 3.66. The van der Waals surface area contributed by atoms with Crippen LogP contribution >= 0.6 is 0 Å². The highest BCUT2D eigenvalue weighted by Crippen LogP contribution is 2.12. The first-order chi connectivity index (χ1) is 9.98. The van der Waals surface area contributed by atoms with Gasteiger partial charge in [-0.1, -0.05) is 31.2 Å². The molecule has 0 aromatic heterocycles. The minimum Gasteiger partial charge on any atom is -0.313 e. The van der Waals surface area contributed by atoms with Crippen molar-refractivity contribution in [2.24, 2.45) is 0 Å². The second-order valence-electron chi connectivity index (χ2n) is 5.73. The van der Waals surface area contributed by atoms with E-state index >= 15 is 0 Å². The van der Waals surface area contributed by atoms with Crippen molar-refractivity contribution in [3.8, 4) is 0 Å². The predicted molar refractivity (Wildman–Crippen MR) is 85.5 cm³/mol. The van der Waals surface area contributed by atoms with Crippen molar-refractivity contribution in [1.82, 2.24) is 14.9 Å². The SMILES string of the molecule is CCNCc1cccc(CS(=O)(=O)NC2CCN(C)C2)c1. The molecular formula is C15H25N3O2S. The molecule has 2 rings (SSSR count). The van der Waals surface area contributed by atoms with Crippen LogP contribution in [-0.2, 0) is 22.3 Å². The number of likely N-dealkylation sites (tertiary alicyclic amines) is 1. The number of sulfonamides is 1. The largest absolute Gasteiger partial charge is 0.313 e. The summed E-state index contributed by atoms with van der Waals surface area (Å²) in [5, 5.41) is 3.25. The Balaban J connectivity index is 1.96. The molecule has 1 saturated heterocycles. The lowest BCUT2D eigenvalue weighted by atomic mass is 10.1. The van der Waals surface area contributed by atoms with Crippen LogP contribution in [0.2, 0.25) is 0 Å². The summed E-state index contributed by atoms with van der Waals surface area (Å²) in [6.07, 6.45) is 0.885. The third kappa shape index (κ3) is 5.39. The molecule has 1 aromatic rings. The average Bonchev–Trinajstić information content (AvgIpc) is 2.80. The highest BCUT2D eigenvalue weighted by molar-refractivity contribution is 7.88. The maximum atomic E-state index is 12.2. The maximum Gasteiger partial charge on any atom is 0.216 e. The molecule has 0 amide bonds. The van der Waals surface area contributed by atoms with Crippen LogP contribution in [0.1, 0.15) is 24.5 Å². The lowest BCUT2D eigenvalue weighted by molar-refractivity contribution is 0.407. The topological polar surface area (TPSA) is 61.4 Å². The van der Waals surface area contributed by atoms with Gasteiger partial charge in [0.25, 0.3) is 0 Å². The van der Waals surface area contributed by atoms with Gasteiger partial charge in [0.05, 0.1) is 5.75 Å². The summed E-state index contributed by atoms with van der Waals surface area (Å²) in [5.41, 5.74) is 1.95. The molecule has 1 unspecified atom stereocenters. The second kappa shape index (κ2) is 7.35. The van der Waals surface area contributed by atoms with E-state index in [0.29, 0.717) is 0 Å². The van der Waals surface area contributed by atoms with Gasteiger partial charge in [-0.25, -0.2) is 13.1 Å². The molecule has 6 heteroatoms. The molecule has 0 aliphatic carbocycles. The Labute approximate surface area is 127 Å². The van der Waals surface area contributed by atoms with Gasteiger partial charge < -0.3 is 10.2 Å². The molecule has 118 valence electrons. The van der Waals surface area contributed by atoms with Crippen LogP contribution in [0.4, 0.5) is 0 Å². The molecule has 1 heterocycles. The number of hydrogen-bond acceptors (Lipinski definition) is 4. The van der Waals surface area contributed by atoms with Crippen LogP contribution in [0.5, 0.6) is 0 Å². The van der Waals surface area contributed by atoms with E-state index in [1.54, 1.807) is 0 Å². The van der Waals surface area contributed by atoms with Crippen molar-refractivity contribution < 1.29 is 8.42 Å². The zero-order valence-corrected chi connectivity index (χ0v) is 13.6. The number of hydrogen-bond donors (Lipinski definition) is 2. The first-order valence-electron chi connectivity index (χ1n) is 7.45. The number of likely N-dealkylation sites (N-methyl/N-ethyl adjacent to an activating group) is 1. The van der Waals surface area contributed by atoms with Gasteiger partial charge in [0, 0.05) is 19.1 Å². The van der Waals surface area contributed by atoms with Crippen molar-refractivity contribution >= 4 is 10.0 Å². The minimum atomic E-state index is -3.28. The fourth-order valence-corrected chi connectivity index (χ4v) is 4.05. The van der Waals surface area contributed by atoms with Crippen LogP contribution in [0.3, 0.4) is 0 Å². The lowest BCUT2D eigenvalue weighted by Gasteiger charge is -2.13. The second-order valence-corrected chi connectivity index (χ2v) is 7.48. The van der Waals surface area contributed by atoms with E-state index in [1.165, 1.54) is 0 Å². The molecule has 1 aliphatic rings. The Morgan fingerprint density at radius 3 is 2.76 bits per heavy atom. The third-order valence-corrected chi connectivity index (χ3v) is 5.07. The van der Waals surface area contributed by atoms with Gasteiger partial charge in [0.1, 0.15) is 0 Å².